The zero-order valence-corrected chi connectivity index (χ0v) is 14.0. The molecule has 6 nitrogen and oxygen atoms in total. The molecular weight excluding hydrogens is 304 g/mol. The predicted molar refractivity (Wildman–Crippen MR) is 91.5 cm³/mol. The van der Waals surface area contributed by atoms with E-state index >= 15 is 0 Å². The van der Waals surface area contributed by atoms with Crippen LogP contribution in [-0.2, 0) is 9.53 Å². The lowest BCUT2D eigenvalue weighted by atomic mass is 10.1. The summed E-state index contributed by atoms with van der Waals surface area (Å²) in [5, 5.41) is 11.9. The number of aromatic nitrogens is 2. The summed E-state index contributed by atoms with van der Waals surface area (Å²) < 4.78 is 6.92. The summed E-state index contributed by atoms with van der Waals surface area (Å²) >= 11 is 0. The first-order valence-electron chi connectivity index (χ1n) is 7.56. The molecule has 0 radical (unpaired) electrons. The Balaban J connectivity index is 2.32. The van der Waals surface area contributed by atoms with Gasteiger partial charge in [-0.1, -0.05) is 0 Å². The molecule has 0 saturated heterocycles. The Kier molecular flexibility index (Phi) is 5.88. The number of pyridine rings is 1. The van der Waals surface area contributed by atoms with E-state index in [0.29, 0.717) is 13.2 Å². The molecule has 0 saturated carbocycles. The molecule has 2 aromatic heterocycles. The van der Waals surface area contributed by atoms with Gasteiger partial charge >= 0.3 is 0 Å². The van der Waals surface area contributed by atoms with Crippen molar-refractivity contribution in [1.82, 2.24) is 14.9 Å². The SMILES string of the molecule is COCCNC(=O)/C(C#N)=C/c1cc(C)n(-c2cccnc2)c1C. The molecule has 124 valence electrons. The van der Waals surface area contributed by atoms with Crippen LogP contribution in [0.1, 0.15) is 17.0 Å². The van der Waals surface area contributed by atoms with Crippen molar-refractivity contribution in [2.24, 2.45) is 0 Å². The summed E-state index contributed by atoms with van der Waals surface area (Å²) in [5.41, 5.74) is 3.78. The van der Waals surface area contributed by atoms with Gasteiger partial charge in [0.2, 0.25) is 0 Å². The lowest BCUT2D eigenvalue weighted by Gasteiger charge is -2.08. The maximum Gasteiger partial charge on any atom is 0.262 e. The van der Waals surface area contributed by atoms with Crippen molar-refractivity contribution in [2.45, 2.75) is 13.8 Å². The van der Waals surface area contributed by atoms with Crippen molar-refractivity contribution >= 4 is 12.0 Å². The minimum atomic E-state index is -0.402. The molecular formula is C18H20N4O2. The molecule has 0 aliphatic rings. The average molecular weight is 324 g/mol. The molecule has 24 heavy (non-hydrogen) atoms. The number of aryl methyl sites for hydroxylation is 1. The summed E-state index contributed by atoms with van der Waals surface area (Å²) in [6, 6.07) is 7.74. The van der Waals surface area contributed by atoms with E-state index in [9.17, 15) is 10.1 Å². The Morgan fingerprint density at radius 1 is 1.50 bits per heavy atom. The number of nitriles is 1. The van der Waals surface area contributed by atoms with Crippen molar-refractivity contribution in [3.8, 4) is 11.8 Å². The molecule has 1 N–H and O–H groups in total. The maximum atomic E-state index is 12.1. The molecule has 2 heterocycles. The third kappa shape index (κ3) is 3.89. The monoisotopic (exact) mass is 324 g/mol. The molecule has 0 fully saturated rings. The van der Waals surface area contributed by atoms with Gasteiger partial charge in [-0.15, -0.1) is 0 Å². The summed E-state index contributed by atoms with van der Waals surface area (Å²) in [7, 11) is 1.56. The van der Waals surface area contributed by atoms with Crippen LogP contribution < -0.4 is 5.32 Å². The lowest BCUT2D eigenvalue weighted by molar-refractivity contribution is -0.117. The molecule has 2 aromatic rings. The molecule has 2 rings (SSSR count). The molecule has 0 unspecified atom stereocenters. The predicted octanol–water partition coefficient (Wildman–Crippen LogP) is 2.16. The van der Waals surface area contributed by atoms with E-state index in [2.05, 4.69) is 10.3 Å². The number of carbonyl (C=O) groups is 1. The Hall–Kier alpha value is -2.91. The zero-order chi connectivity index (χ0) is 17.5. The quantitative estimate of drug-likeness (QED) is 0.502. The number of methoxy groups -OCH3 is 1. The highest BCUT2D eigenvalue weighted by atomic mass is 16.5. The van der Waals surface area contributed by atoms with Crippen LogP contribution in [0.4, 0.5) is 0 Å². The fraction of sp³-hybridized carbons (Fsp3) is 0.278. The Morgan fingerprint density at radius 2 is 2.29 bits per heavy atom. The zero-order valence-electron chi connectivity index (χ0n) is 14.0. The van der Waals surface area contributed by atoms with Crippen LogP contribution in [-0.4, -0.2) is 35.7 Å². The van der Waals surface area contributed by atoms with Gasteiger partial charge < -0.3 is 14.6 Å². The molecule has 1 amide bonds. The highest BCUT2D eigenvalue weighted by Gasteiger charge is 2.13. The van der Waals surface area contributed by atoms with Crippen molar-refractivity contribution in [2.75, 3.05) is 20.3 Å². The molecule has 0 aliphatic heterocycles. The number of nitrogens with zero attached hydrogens (tertiary/aromatic N) is 3. The number of hydrogen-bond acceptors (Lipinski definition) is 4. The van der Waals surface area contributed by atoms with Gasteiger partial charge in [0.1, 0.15) is 11.6 Å². The minimum Gasteiger partial charge on any atom is -0.383 e. The second-order valence-corrected chi connectivity index (χ2v) is 5.29. The normalized spacial score (nSPS) is 11.2. The average Bonchev–Trinajstić information content (AvgIpc) is 2.87. The second kappa shape index (κ2) is 8.09. The number of nitrogens with one attached hydrogen (secondary N) is 1. The van der Waals surface area contributed by atoms with Crippen molar-refractivity contribution in [1.29, 1.82) is 5.26 Å². The van der Waals surface area contributed by atoms with E-state index in [1.54, 1.807) is 25.6 Å². The molecule has 0 spiro atoms. The van der Waals surface area contributed by atoms with Crippen molar-refractivity contribution in [3.05, 3.63) is 53.1 Å². The number of amides is 1. The van der Waals surface area contributed by atoms with Gasteiger partial charge in [0.25, 0.3) is 5.91 Å². The number of ether oxygens (including phenoxy) is 1. The van der Waals surface area contributed by atoms with Gasteiger partial charge in [-0.2, -0.15) is 5.26 Å². The smallest absolute Gasteiger partial charge is 0.262 e. The van der Waals surface area contributed by atoms with E-state index in [1.807, 2.05) is 42.7 Å². The van der Waals surface area contributed by atoms with Crippen LogP contribution in [0.3, 0.4) is 0 Å². The topological polar surface area (TPSA) is 79.9 Å². The largest absolute Gasteiger partial charge is 0.383 e. The Bertz CT molecular complexity index is 785. The fourth-order valence-electron chi connectivity index (χ4n) is 2.48. The van der Waals surface area contributed by atoms with Gasteiger partial charge in [0.05, 0.1) is 18.5 Å². The number of rotatable bonds is 6. The van der Waals surface area contributed by atoms with E-state index < -0.39 is 5.91 Å². The van der Waals surface area contributed by atoms with Crippen LogP contribution in [0.25, 0.3) is 11.8 Å². The fourth-order valence-corrected chi connectivity index (χ4v) is 2.48. The third-order valence-corrected chi connectivity index (χ3v) is 3.63. The van der Waals surface area contributed by atoms with Crippen LogP contribution >= 0.6 is 0 Å². The second-order valence-electron chi connectivity index (χ2n) is 5.29. The van der Waals surface area contributed by atoms with Crippen molar-refractivity contribution < 1.29 is 9.53 Å². The van der Waals surface area contributed by atoms with Gasteiger partial charge in [0, 0.05) is 31.2 Å². The molecule has 0 atom stereocenters. The summed E-state index contributed by atoms with van der Waals surface area (Å²) in [6.45, 7) is 4.69. The summed E-state index contributed by atoms with van der Waals surface area (Å²) in [5.74, 6) is -0.402. The minimum absolute atomic E-state index is 0.0672. The highest BCUT2D eigenvalue weighted by molar-refractivity contribution is 6.01. The number of hydrogen-bond donors (Lipinski definition) is 1. The maximum absolute atomic E-state index is 12.1. The summed E-state index contributed by atoms with van der Waals surface area (Å²) in [6.07, 6.45) is 5.10. The van der Waals surface area contributed by atoms with Gasteiger partial charge in [-0.3, -0.25) is 9.78 Å². The third-order valence-electron chi connectivity index (χ3n) is 3.63. The van der Waals surface area contributed by atoms with E-state index in [4.69, 9.17) is 4.74 Å². The first-order valence-corrected chi connectivity index (χ1v) is 7.56. The number of carbonyl (C=O) groups excluding carboxylic acids is 1. The van der Waals surface area contributed by atoms with Crippen LogP contribution in [0.5, 0.6) is 0 Å². The standard InChI is InChI=1S/C18H20N4O2/c1-13-9-15(10-16(11-19)18(23)21-7-8-24-3)14(2)22(13)17-5-4-6-20-12-17/h4-6,9-10,12H,7-8H2,1-3H3,(H,21,23)/b16-10+. The molecule has 6 heteroatoms. The summed E-state index contributed by atoms with van der Waals surface area (Å²) in [4.78, 5) is 16.2. The Labute approximate surface area is 141 Å². The van der Waals surface area contributed by atoms with Crippen molar-refractivity contribution in [3.63, 3.8) is 0 Å². The Morgan fingerprint density at radius 3 is 2.92 bits per heavy atom. The van der Waals surface area contributed by atoms with E-state index in [-0.39, 0.29) is 5.57 Å². The van der Waals surface area contributed by atoms with Gasteiger partial charge in [0.15, 0.2) is 0 Å². The molecule has 0 aliphatic carbocycles. The molecule has 0 aromatic carbocycles. The van der Waals surface area contributed by atoms with Crippen LogP contribution in [0, 0.1) is 25.2 Å². The lowest BCUT2D eigenvalue weighted by Crippen LogP contribution is -2.27. The van der Waals surface area contributed by atoms with E-state index in [1.165, 1.54) is 0 Å². The first kappa shape index (κ1) is 17.4. The van der Waals surface area contributed by atoms with Crippen LogP contribution in [0.15, 0.2) is 36.2 Å². The van der Waals surface area contributed by atoms with Gasteiger partial charge in [-0.05, 0) is 43.7 Å². The van der Waals surface area contributed by atoms with Crippen LogP contribution in [0.2, 0.25) is 0 Å². The highest BCUT2D eigenvalue weighted by Crippen LogP contribution is 2.22. The first-order chi connectivity index (χ1) is 11.6. The molecule has 0 bridgehead atoms. The van der Waals surface area contributed by atoms with E-state index in [0.717, 1.165) is 22.6 Å². The van der Waals surface area contributed by atoms with Gasteiger partial charge in [-0.25, -0.2) is 0 Å².